The number of hydrogen-bond acceptors (Lipinski definition) is 1. The Labute approximate surface area is 73.0 Å². The molecule has 0 aromatic heterocycles. The van der Waals surface area contributed by atoms with Crippen molar-refractivity contribution in [2.24, 2.45) is 5.92 Å². The van der Waals surface area contributed by atoms with Crippen LogP contribution in [0.3, 0.4) is 0 Å². The van der Waals surface area contributed by atoms with Gasteiger partial charge in [-0.25, -0.2) is 0 Å². The first-order valence-electron chi connectivity index (χ1n) is 4.58. The third-order valence-electron chi connectivity index (χ3n) is 2.71. The highest BCUT2D eigenvalue weighted by Gasteiger charge is 2.16. The van der Waals surface area contributed by atoms with Gasteiger partial charge in [0.05, 0.1) is 0 Å². The third-order valence-corrected chi connectivity index (χ3v) is 2.71. The number of aliphatic hydroxyl groups is 1. The lowest BCUT2D eigenvalue weighted by Crippen LogP contribution is -2.17. The van der Waals surface area contributed by atoms with Crippen molar-refractivity contribution in [3.63, 3.8) is 0 Å². The zero-order valence-electron chi connectivity index (χ0n) is 7.16. The molecule has 2 rings (SSSR count). The molecule has 1 nitrogen and oxygen atoms in total. The largest absolute Gasteiger partial charge is 0.396 e. The Morgan fingerprint density at radius 2 is 2.00 bits per heavy atom. The van der Waals surface area contributed by atoms with Gasteiger partial charge >= 0.3 is 0 Å². The Morgan fingerprint density at radius 3 is 2.75 bits per heavy atom. The standard InChI is InChI=1S/C11H14O/c12-8-9-5-6-10-3-1-2-4-11(10)7-9/h1-4,9,12H,5-8H2/t9-/m1/s1. The zero-order valence-corrected chi connectivity index (χ0v) is 7.16. The van der Waals surface area contributed by atoms with Gasteiger partial charge in [-0.15, -0.1) is 0 Å². The molecule has 0 bridgehead atoms. The van der Waals surface area contributed by atoms with Gasteiger partial charge in [-0.3, -0.25) is 0 Å². The Hall–Kier alpha value is -0.820. The average molecular weight is 162 g/mol. The Bertz CT molecular complexity index is 267. The quantitative estimate of drug-likeness (QED) is 0.667. The number of aryl methyl sites for hydroxylation is 1. The molecule has 0 saturated carbocycles. The fraction of sp³-hybridized carbons (Fsp3) is 0.455. The van der Waals surface area contributed by atoms with Crippen molar-refractivity contribution in [3.05, 3.63) is 35.4 Å². The minimum absolute atomic E-state index is 0.342. The molecule has 1 heteroatoms. The molecule has 0 spiro atoms. The minimum Gasteiger partial charge on any atom is -0.396 e. The first-order valence-corrected chi connectivity index (χ1v) is 4.58. The van der Waals surface area contributed by atoms with E-state index in [0.717, 1.165) is 19.3 Å². The van der Waals surface area contributed by atoms with Crippen LogP contribution >= 0.6 is 0 Å². The van der Waals surface area contributed by atoms with Crippen molar-refractivity contribution in [2.75, 3.05) is 6.61 Å². The Kier molecular flexibility index (Phi) is 2.13. The zero-order chi connectivity index (χ0) is 8.39. The maximum absolute atomic E-state index is 9.02. The van der Waals surface area contributed by atoms with E-state index in [1.54, 1.807) is 0 Å². The molecule has 64 valence electrons. The van der Waals surface area contributed by atoms with E-state index in [0.29, 0.717) is 12.5 Å². The van der Waals surface area contributed by atoms with E-state index in [4.69, 9.17) is 5.11 Å². The highest BCUT2D eigenvalue weighted by atomic mass is 16.3. The number of aliphatic hydroxyl groups excluding tert-OH is 1. The molecular formula is C11H14O. The van der Waals surface area contributed by atoms with Crippen molar-refractivity contribution in [3.8, 4) is 0 Å². The summed E-state index contributed by atoms with van der Waals surface area (Å²) in [5, 5.41) is 9.02. The molecule has 0 radical (unpaired) electrons. The fourth-order valence-corrected chi connectivity index (χ4v) is 1.93. The molecule has 0 unspecified atom stereocenters. The molecule has 1 aromatic rings. The van der Waals surface area contributed by atoms with Gasteiger partial charge in [0.2, 0.25) is 0 Å². The van der Waals surface area contributed by atoms with Crippen LogP contribution in [0.5, 0.6) is 0 Å². The maximum atomic E-state index is 9.02. The SMILES string of the molecule is OC[C@@H]1CCc2ccccc2C1. The summed E-state index contributed by atoms with van der Waals surface area (Å²) >= 11 is 0. The first kappa shape index (κ1) is 7.81. The van der Waals surface area contributed by atoms with E-state index >= 15 is 0 Å². The van der Waals surface area contributed by atoms with Crippen LogP contribution < -0.4 is 0 Å². The van der Waals surface area contributed by atoms with Crippen LogP contribution in [0.2, 0.25) is 0 Å². The molecular weight excluding hydrogens is 148 g/mol. The lowest BCUT2D eigenvalue weighted by molar-refractivity contribution is 0.213. The lowest BCUT2D eigenvalue weighted by atomic mass is 9.84. The molecule has 0 aliphatic heterocycles. The van der Waals surface area contributed by atoms with Crippen LogP contribution in [-0.4, -0.2) is 11.7 Å². The van der Waals surface area contributed by atoms with Crippen molar-refractivity contribution in [1.29, 1.82) is 0 Å². The summed E-state index contributed by atoms with van der Waals surface area (Å²) in [6, 6.07) is 8.55. The van der Waals surface area contributed by atoms with Crippen molar-refractivity contribution in [2.45, 2.75) is 19.3 Å². The Balaban J connectivity index is 2.23. The second-order valence-corrected chi connectivity index (χ2v) is 3.56. The molecule has 1 N–H and O–H groups in total. The number of benzene rings is 1. The van der Waals surface area contributed by atoms with Gasteiger partial charge < -0.3 is 5.11 Å². The van der Waals surface area contributed by atoms with E-state index in [2.05, 4.69) is 24.3 Å². The van der Waals surface area contributed by atoms with E-state index in [9.17, 15) is 0 Å². The monoisotopic (exact) mass is 162 g/mol. The van der Waals surface area contributed by atoms with Crippen molar-refractivity contribution >= 4 is 0 Å². The number of fused-ring (bicyclic) bond motifs is 1. The molecule has 0 amide bonds. The topological polar surface area (TPSA) is 20.2 Å². The van der Waals surface area contributed by atoms with E-state index in [-0.39, 0.29) is 0 Å². The minimum atomic E-state index is 0.342. The maximum Gasteiger partial charge on any atom is 0.0462 e. The van der Waals surface area contributed by atoms with Crippen LogP contribution in [-0.2, 0) is 12.8 Å². The fourth-order valence-electron chi connectivity index (χ4n) is 1.93. The summed E-state index contributed by atoms with van der Waals surface area (Å²) in [6.07, 6.45) is 3.35. The number of rotatable bonds is 1. The first-order chi connectivity index (χ1) is 5.90. The van der Waals surface area contributed by atoms with Crippen LogP contribution in [0.1, 0.15) is 17.5 Å². The van der Waals surface area contributed by atoms with Gasteiger partial charge in [-0.2, -0.15) is 0 Å². The molecule has 1 atom stereocenters. The van der Waals surface area contributed by atoms with Gasteiger partial charge in [0.25, 0.3) is 0 Å². The van der Waals surface area contributed by atoms with E-state index < -0.39 is 0 Å². The summed E-state index contributed by atoms with van der Waals surface area (Å²) in [7, 11) is 0. The van der Waals surface area contributed by atoms with Gasteiger partial charge in [-0.05, 0) is 36.3 Å². The molecule has 12 heavy (non-hydrogen) atoms. The van der Waals surface area contributed by atoms with Crippen LogP contribution in [0.25, 0.3) is 0 Å². The van der Waals surface area contributed by atoms with Crippen molar-refractivity contribution in [1.82, 2.24) is 0 Å². The Morgan fingerprint density at radius 1 is 1.25 bits per heavy atom. The predicted octanol–water partition coefficient (Wildman–Crippen LogP) is 1.78. The second kappa shape index (κ2) is 3.28. The highest BCUT2D eigenvalue weighted by molar-refractivity contribution is 5.29. The predicted molar refractivity (Wildman–Crippen MR) is 49.0 cm³/mol. The molecule has 0 heterocycles. The number of hydrogen-bond donors (Lipinski definition) is 1. The molecule has 1 aliphatic carbocycles. The third kappa shape index (κ3) is 1.37. The summed E-state index contributed by atoms with van der Waals surface area (Å²) < 4.78 is 0. The van der Waals surface area contributed by atoms with Crippen LogP contribution in [0.15, 0.2) is 24.3 Å². The molecule has 0 fully saturated rings. The van der Waals surface area contributed by atoms with Gasteiger partial charge in [0, 0.05) is 6.61 Å². The van der Waals surface area contributed by atoms with Crippen LogP contribution in [0.4, 0.5) is 0 Å². The summed E-state index contributed by atoms with van der Waals surface area (Å²) in [5.41, 5.74) is 2.91. The average Bonchev–Trinajstić information content (AvgIpc) is 2.17. The highest BCUT2D eigenvalue weighted by Crippen LogP contribution is 2.24. The smallest absolute Gasteiger partial charge is 0.0462 e. The van der Waals surface area contributed by atoms with E-state index in [1.807, 2.05) is 0 Å². The van der Waals surface area contributed by atoms with E-state index in [1.165, 1.54) is 11.1 Å². The summed E-state index contributed by atoms with van der Waals surface area (Å²) in [6.45, 7) is 0.342. The molecule has 1 aliphatic rings. The lowest BCUT2D eigenvalue weighted by Gasteiger charge is -2.22. The van der Waals surface area contributed by atoms with Crippen LogP contribution in [0, 0.1) is 5.92 Å². The summed E-state index contributed by atoms with van der Waals surface area (Å²) in [4.78, 5) is 0. The normalized spacial score (nSPS) is 21.9. The van der Waals surface area contributed by atoms with Gasteiger partial charge in [0.15, 0.2) is 0 Å². The summed E-state index contributed by atoms with van der Waals surface area (Å²) in [5.74, 6) is 0.500. The van der Waals surface area contributed by atoms with Crippen molar-refractivity contribution < 1.29 is 5.11 Å². The molecule has 1 aromatic carbocycles. The van der Waals surface area contributed by atoms with Gasteiger partial charge in [0.1, 0.15) is 0 Å². The molecule has 0 saturated heterocycles. The van der Waals surface area contributed by atoms with Gasteiger partial charge in [-0.1, -0.05) is 24.3 Å². The second-order valence-electron chi connectivity index (χ2n) is 3.56.